The highest BCUT2D eigenvalue weighted by atomic mass is 16.3. The Morgan fingerprint density at radius 1 is 1.06 bits per heavy atom. The van der Waals surface area contributed by atoms with Gasteiger partial charge in [0.25, 0.3) is 0 Å². The van der Waals surface area contributed by atoms with Crippen molar-refractivity contribution in [3.8, 4) is 0 Å². The highest BCUT2D eigenvalue weighted by molar-refractivity contribution is 5.14. The van der Waals surface area contributed by atoms with E-state index >= 15 is 0 Å². The van der Waals surface area contributed by atoms with E-state index in [2.05, 4.69) is 10.2 Å². The molecule has 18 heavy (non-hydrogen) atoms. The van der Waals surface area contributed by atoms with Crippen molar-refractivity contribution in [3.63, 3.8) is 0 Å². The average molecular weight is 250 g/mol. The minimum Gasteiger partial charge on any atom is -0.390 e. The molecular formula is C14H22N2O2. The van der Waals surface area contributed by atoms with Crippen LogP contribution in [0.25, 0.3) is 0 Å². The van der Waals surface area contributed by atoms with E-state index in [4.69, 9.17) is 0 Å². The Bertz CT molecular complexity index is 381. The third kappa shape index (κ3) is 6.47. The number of aliphatic hydroxyl groups is 2. The van der Waals surface area contributed by atoms with Crippen LogP contribution in [0.15, 0.2) is 40.6 Å². The Labute approximate surface area is 108 Å². The number of hydrogen-bond donors (Lipinski definition) is 2. The lowest BCUT2D eigenvalue weighted by molar-refractivity contribution is -0.0343. The van der Waals surface area contributed by atoms with Crippen LogP contribution in [0.3, 0.4) is 0 Å². The van der Waals surface area contributed by atoms with Crippen LogP contribution < -0.4 is 0 Å². The second kappa shape index (κ2) is 6.07. The summed E-state index contributed by atoms with van der Waals surface area (Å²) in [5.74, 6) is 0. The molecule has 1 aromatic carbocycles. The second-order valence-electron chi connectivity index (χ2n) is 5.41. The lowest BCUT2D eigenvalue weighted by Gasteiger charge is -2.25. The van der Waals surface area contributed by atoms with Crippen molar-refractivity contribution in [2.45, 2.75) is 44.9 Å². The third-order valence-corrected chi connectivity index (χ3v) is 2.40. The first kappa shape index (κ1) is 14.8. The maximum Gasteiger partial charge on any atom is 0.175 e. The van der Waals surface area contributed by atoms with Crippen molar-refractivity contribution >= 4 is 0 Å². The molecule has 100 valence electrons. The Hall–Kier alpha value is -1.26. The van der Waals surface area contributed by atoms with Gasteiger partial charge in [0, 0.05) is 6.42 Å². The molecular weight excluding hydrogens is 228 g/mol. The molecule has 0 fully saturated rings. The molecule has 0 bridgehead atoms. The first-order valence-corrected chi connectivity index (χ1v) is 6.16. The molecule has 0 saturated carbocycles. The summed E-state index contributed by atoms with van der Waals surface area (Å²) in [6.07, 6.45) is 0.956. The molecule has 1 rings (SSSR count). The third-order valence-electron chi connectivity index (χ3n) is 2.40. The molecule has 1 unspecified atom stereocenters. The fourth-order valence-electron chi connectivity index (χ4n) is 1.88. The van der Waals surface area contributed by atoms with Gasteiger partial charge in [-0.05, 0) is 32.8 Å². The van der Waals surface area contributed by atoms with Crippen LogP contribution in [0, 0.1) is 0 Å². The maximum atomic E-state index is 9.93. The van der Waals surface area contributed by atoms with E-state index in [9.17, 15) is 10.2 Å². The summed E-state index contributed by atoms with van der Waals surface area (Å²) in [5, 5.41) is 27.4. The summed E-state index contributed by atoms with van der Waals surface area (Å²) < 4.78 is 0. The zero-order valence-electron chi connectivity index (χ0n) is 11.3. The van der Waals surface area contributed by atoms with Gasteiger partial charge in [0.2, 0.25) is 0 Å². The number of benzene rings is 1. The van der Waals surface area contributed by atoms with Gasteiger partial charge in [-0.15, -0.1) is 0 Å². The summed E-state index contributed by atoms with van der Waals surface area (Å²) in [4.78, 5) is 0. The van der Waals surface area contributed by atoms with E-state index in [1.807, 2.05) is 30.3 Å². The van der Waals surface area contributed by atoms with Crippen LogP contribution in [0.2, 0.25) is 0 Å². The van der Waals surface area contributed by atoms with Crippen molar-refractivity contribution in [2.24, 2.45) is 10.2 Å². The van der Waals surface area contributed by atoms with Crippen molar-refractivity contribution < 1.29 is 10.2 Å². The van der Waals surface area contributed by atoms with E-state index in [1.165, 1.54) is 5.56 Å². The standard InChI is InChI=1S/C14H22N2O2/c1-13(2,17)11-14(3,18)16-15-10-9-12-7-5-4-6-8-12/h4-8,17-18H,9-11H2,1-3H3/b16-15+. The highest BCUT2D eigenvalue weighted by Crippen LogP contribution is 2.21. The van der Waals surface area contributed by atoms with Crippen LogP contribution in [0.1, 0.15) is 32.8 Å². The van der Waals surface area contributed by atoms with Gasteiger partial charge in [-0.3, -0.25) is 0 Å². The first-order valence-electron chi connectivity index (χ1n) is 6.16. The quantitative estimate of drug-likeness (QED) is 0.762. The molecule has 1 atom stereocenters. The summed E-state index contributed by atoms with van der Waals surface area (Å²) in [5.41, 5.74) is -1.07. The SMILES string of the molecule is CC(C)(O)CC(C)(O)/N=N/CCc1ccccc1. The van der Waals surface area contributed by atoms with Gasteiger partial charge in [0.15, 0.2) is 5.72 Å². The Morgan fingerprint density at radius 3 is 2.22 bits per heavy atom. The lowest BCUT2D eigenvalue weighted by Crippen LogP contribution is -2.33. The highest BCUT2D eigenvalue weighted by Gasteiger charge is 2.28. The van der Waals surface area contributed by atoms with Crippen molar-refractivity contribution in [2.75, 3.05) is 6.54 Å². The number of hydrogen-bond acceptors (Lipinski definition) is 4. The molecule has 0 heterocycles. The summed E-state index contributed by atoms with van der Waals surface area (Å²) in [7, 11) is 0. The smallest absolute Gasteiger partial charge is 0.175 e. The van der Waals surface area contributed by atoms with Crippen molar-refractivity contribution in [3.05, 3.63) is 35.9 Å². The fraction of sp³-hybridized carbons (Fsp3) is 0.571. The van der Waals surface area contributed by atoms with Gasteiger partial charge >= 0.3 is 0 Å². The number of nitrogens with zero attached hydrogens (tertiary/aromatic N) is 2. The van der Waals surface area contributed by atoms with Crippen LogP contribution in [0.4, 0.5) is 0 Å². The number of rotatable bonds is 6. The van der Waals surface area contributed by atoms with Crippen molar-refractivity contribution in [1.29, 1.82) is 0 Å². The average Bonchev–Trinajstić information content (AvgIpc) is 2.23. The summed E-state index contributed by atoms with van der Waals surface area (Å²) in [6.45, 7) is 5.37. The van der Waals surface area contributed by atoms with Crippen LogP contribution >= 0.6 is 0 Å². The monoisotopic (exact) mass is 250 g/mol. The minimum absolute atomic E-state index is 0.162. The van der Waals surface area contributed by atoms with Gasteiger partial charge in [0.1, 0.15) is 0 Å². The second-order valence-corrected chi connectivity index (χ2v) is 5.41. The molecule has 0 radical (unpaired) electrons. The molecule has 0 spiro atoms. The molecule has 0 saturated heterocycles. The molecule has 2 N–H and O–H groups in total. The Morgan fingerprint density at radius 2 is 1.67 bits per heavy atom. The molecule has 4 nitrogen and oxygen atoms in total. The van der Waals surface area contributed by atoms with E-state index in [0.717, 1.165) is 6.42 Å². The Kier molecular flexibility index (Phi) is 4.99. The summed E-state index contributed by atoms with van der Waals surface area (Å²) >= 11 is 0. The molecule has 0 aliphatic rings. The molecule has 0 aliphatic heterocycles. The predicted octanol–water partition coefficient (Wildman–Crippen LogP) is 2.55. The topological polar surface area (TPSA) is 65.2 Å². The number of azo groups is 1. The van der Waals surface area contributed by atoms with Gasteiger partial charge in [-0.1, -0.05) is 30.3 Å². The van der Waals surface area contributed by atoms with Crippen LogP contribution in [0.5, 0.6) is 0 Å². The van der Waals surface area contributed by atoms with Gasteiger partial charge < -0.3 is 10.2 Å². The van der Waals surface area contributed by atoms with E-state index in [-0.39, 0.29) is 6.42 Å². The van der Waals surface area contributed by atoms with E-state index < -0.39 is 11.3 Å². The zero-order chi connectivity index (χ0) is 13.6. The van der Waals surface area contributed by atoms with Gasteiger partial charge in [0.05, 0.1) is 12.1 Å². The predicted molar refractivity (Wildman–Crippen MR) is 71.4 cm³/mol. The molecule has 0 aliphatic carbocycles. The zero-order valence-corrected chi connectivity index (χ0v) is 11.3. The summed E-state index contributed by atoms with van der Waals surface area (Å²) in [6, 6.07) is 10.0. The normalized spacial score (nSPS) is 15.8. The van der Waals surface area contributed by atoms with Gasteiger partial charge in [-0.25, -0.2) is 0 Å². The van der Waals surface area contributed by atoms with E-state index in [1.54, 1.807) is 20.8 Å². The fourth-order valence-corrected chi connectivity index (χ4v) is 1.88. The van der Waals surface area contributed by atoms with Crippen molar-refractivity contribution in [1.82, 2.24) is 0 Å². The van der Waals surface area contributed by atoms with Crippen LogP contribution in [-0.4, -0.2) is 28.1 Å². The molecule has 0 aromatic heterocycles. The minimum atomic E-state index is -1.31. The molecule has 4 heteroatoms. The van der Waals surface area contributed by atoms with Gasteiger partial charge in [-0.2, -0.15) is 10.2 Å². The molecule has 0 amide bonds. The Balaban J connectivity index is 2.40. The molecule has 1 aromatic rings. The largest absolute Gasteiger partial charge is 0.390 e. The maximum absolute atomic E-state index is 9.93. The first-order chi connectivity index (χ1) is 8.29. The van der Waals surface area contributed by atoms with Crippen LogP contribution in [-0.2, 0) is 6.42 Å². The van der Waals surface area contributed by atoms with E-state index in [0.29, 0.717) is 6.54 Å². The lowest BCUT2D eigenvalue weighted by atomic mass is 9.98.